The van der Waals surface area contributed by atoms with E-state index < -0.39 is 6.16 Å². The van der Waals surface area contributed by atoms with Crippen molar-refractivity contribution in [2.45, 2.75) is 26.2 Å². The molecule has 4 heteroatoms. The molecule has 0 radical (unpaired) electrons. The van der Waals surface area contributed by atoms with Crippen LogP contribution in [0.25, 0.3) is 0 Å². The molecule has 0 aliphatic heterocycles. The van der Waals surface area contributed by atoms with Gasteiger partial charge < -0.3 is 14.9 Å². The summed E-state index contributed by atoms with van der Waals surface area (Å²) < 4.78 is 5.12. The molecule has 1 saturated carbocycles. The second-order valence-corrected chi connectivity index (χ2v) is 4.80. The molecule has 0 aromatic heterocycles. The molecular formula is C13H18O4. The third-order valence-electron chi connectivity index (χ3n) is 3.03. The van der Waals surface area contributed by atoms with Crippen LogP contribution in [0, 0.1) is 5.41 Å². The zero-order chi connectivity index (χ0) is 13.1. The van der Waals surface area contributed by atoms with Crippen LogP contribution in [0.2, 0.25) is 0 Å². The van der Waals surface area contributed by atoms with Crippen LogP contribution in [0.5, 0.6) is 5.75 Å². The fraction of sp³-hybridized carbons (Fsp3) is 0.462. The van der Waals surface area contributed by atoms with E-state index in [1.165, 1.54) is 12.0 Å². The summed E-state index contributed by atoms with van der Waals surface area (Å²) in [6.07, 6.45) is -0.515. The Morgan fingerprint density at radius 3 is 2.00 bits per heavy atom. The van der Waals surface area contributed by atoms with Crippen LogP contribution in [0.4, 0.5) is 4.79 Å². The molecule has 1 fully saturated rings. The largest absolute Gasteiger partial charge is 0.503 e. The molecule has 0 heterocycles. The minimum absolute atomic E-state index is 0.522. The number of carboxylic acid groups (broad SMARTS) is 2. The first-order valence-corrected chi connectivity index (χ1v) is 5.42. The number of hydrogen-bond donors (Lipinski definition) is 2. The summed E-state index contributed by atoms with van der Waals surface area (Å²) >= 11 is 0. The van der Waals surface area contributed by atoms with Gasteiger partial charge in [-0.3, -0.25) is 0 Å². The van der Waals surface area contributed by atoms with E-state index in [1.807, 2.05) is 12.1 Å². The molecule has 1 unspecified atom stereocenters. The molecule has 1 atom stereocenters. The van der Waals surface area contributed by atoms with Gasteiger partial charge in [-0.05, 0) is 35.4 Å². The smallest absolute Gasteiger partial charge is 0.497 e. The van der Waals surface area contributed by atoms with Crippen molar-refractivity contribution in [2.75, 3.05) is 7.11 Å². The minimum atomic E-state index is -1.83. The maximum absolute atomic E-state index is 8.56. The van der Waals surface area contributed by atoms with Gasteiger partial charge in [-0.15, -0.1) is 0 Å². The normalized spacial score (nSPS) is 19.8. The van der Waals surface area contributed by atoms with E-state index in [2.05, 4.69) is 26.0 Å². The van der Waals surface area contributed by atoms with Crippen LogP contribution in [-0.2, 0) is 0 Å². The Kier molecular flexibility index (Phi) is 3.99. The number of benzene rings is 1. The Balaban J connectivity index is 0.000000317. The molecule has 1 aliphatic carbocycles. The van der Waals surface area contributed by atoms with Crippen molar-refractivity contribution in [1.29, 1.82) is 0 Å². The van der Waals surface area contributed by atoms with Crippen molar-refractivity contribution in [3.8, 4) is 5.75 Å². The highest BCUT2D eigenvalue weighted by Gasteiger charge is 2.46. The average Bonchev–Trinajstić information content (AvgIpc) is 2.87. The molecule has 17 heavy (non-hydrogen) atoms. The predicted molar refractivity (Wildman–Crippen MR) is 64.8 cm³/mol. The van der Waals surface area contributed by atoms with Gasteiger partial charge in [0.2, 0.25) is 0 Å². The summed E-state index contributed by atoms with van der Waals surface area (Å²) in [6.45, 7) is 4.64. The van der Waals surface area contributed by atoms with Gasteiger partial charge >= 0.3 is 6.16 Å². The van der Waals surface area contributed by atoms with Crippen molar-refractivity contribution in [3.63, 3.8) is 0 Å². The van der Waals surface area contributed by atoms with Crippen LogP contribution in [0.3, 0.4) is 0 Å². The highest BCUT2D eigenvalue weighted by molar-refractivity contribution is 5.53. The van der Waals surface area contributed by atoms with Crippen LogP contribution >= 0.6 is 0 Å². The molecule has 4 nitrogen and oxygen atoms in total. The third kappa shape index (κ3) is 3.98. The van der Waals surface area contributed by atoms with Crippen LogP contribution < -0.4 is 4.74 Å². The molecule has 0 amide bonds. The Hall–Kier alpha value is -1.71. The summed E-state index contributed by atoms with van der Waals surface area (Å²) in [5.74, 6) is 1.71. The van der Waals surface area contributed by atoms with Crippen molar-refractivity contribution in [1.82, 2.24) is 0 Å². The molecular weight excluding hydrogens is 220 g/mol. The molecule has 94 valence electrons. The summed E-state index contributed by atoms with van der Waals surface area (Å²) in [5, 5.41) is 13.9. The Morgan fingerprint density at radius 1 is 1.29 bits per heavy atom. The van der Waals surface area contributed by atoms with Gasteiger partial charge in [0.25, 0.3) is 0 Å². The lowest BCUT2D eigenvalue weighted by Crippen LogP contribution is -1.90. The third-order valence-corrected chi connectivity index (χ3v) is 3.03. The van der Waals surface area contributed by atoms with Crippen molar-refractivity contribution < 1.29 is 19.7 Å². The van der Waals surface area contributed by atoms with Crippen molar-refractivity contribution >= 4 is 6.16 Å². The number of ether oxygens (including phenoxy) is 1. The number of methoxy groups -OCH3 is 1. The number of carbonyl (C=O) groups is 1. The Labute approximate surface area is 101 Å². The van der Waals surface area contributed by atoms with Gasteiger partial charge in [-0.1, -0.05) is 26.0 Å². The first-order chi connectivity index (χ1) is 7.86. The van der Waals surface area contributed by atoms with Gasteiger partial charge in [0.1, 0.15) is 5.75 Å². The second-order valence-electron chi connectivity index (χ2n) is 4.80. The molecule has 1 aromatic rings. The van der Waals surface area contributed by atoms with Gasteiger partial charge in [-0.25, -0.2) is 4.79 Å². The maximum Gasteiger partial charge on any atom is 0.503 e. The lowest BCUT2D eigenvalue weighted by molar-refractivity contribution is 0.137. The molecule has 1 aliphatic rings. The molecule has 2 N–H and O–H groups in total. The van der Waals surface area contributed by atoms with Crippen LogP contribution in [-0.4, -0.2) is 23.5 Å². The molecule has 0 bridgehead atoms. The van der Waals surface area contributed by atoms with Crippen molar-refractivity contribution in [2.24, 2.45) is 5.41 Å². The van der Waals surface area contributed by atoms with Gasteiger partial charge in [0.05, 0.1) is 7.11 Å². The predicted octanol–water partition coefficient (Wildman–Crippen LogP) is 3.43. The lowest BCUT2D eigenvalue weighted by atomic mass is 10.0. The zero-order valence-electron chi connectivity index (χ0n) is 10.3. The molecule has 0 saturated heterocycles. The zero-order valence-corrected chi connectivity index (χ0v) is 10.3. The Morgan fingerprint density at radius 2 is 1.71 bits per heavy atom. The highest BCUT2D eigenvalue weighted by atomic mass is 16.6. The first kappa shape index (κ1) is 13.4. The standard InChI is InChI=1S/C12H16O.CH2O3/c1-12(2)8-11(12)9-4-6-10(13-3)7-5-9;2-1(3)4/h4-7,11H,8H2,1-3H3;(H2,2,3,4). The van der Waals surface area contributed by atoms with Crippen molar-refractivity contribution in [3.05, 3.63) is 29.8 Å². The van der Waals surface area contributed by atoms with Gasteiger partial charge in [0.15, 0.2) is 0 Å². The van der Waals surface area contributed by atoms with Crippen LogP contribution in [0.1, 0.15) is 31.7 Å². The topological polar surface area (TPSA) is 66.8 Å². The van der Waals surface area contributed by atoms with E-state index in [0.717, 1.165) is 11.7 Å². The fourth-order valence-corrected chi connectivity index (χ4v) is 1.87. The molecule has 1 aromatic carbocycles. The van der Waals surface area contributed by atoms with E-state index in [1.54, 1.807) is 7.11 Å². The van der Waals surface area contributed by atoms with E-state index in [0.29, 0.717) is 5.41 Å². The summed E-state index contributed by atoms with van der Waals surface area (Å²) in [6, 6.07) is 8.45. The van der Waals surface area contributed by atoms with E-state index in [9.17, 15) is 0 Å². The quantitative estimate of drug-likeness (QED) is 0.828. The number of hydrogen-bond acceptors (Lipinski definition) is 2. The Bertz CT molecular complexity index is 377. The minimum Gasteiger partial charge on any atom is -0.497 e. The molecule has 0 spiro atoms. The fourth-order valence-electron chi connectivity index (χ4n) is 1.87. The second kappa shape index (κ2) is 5.08. The summed E-state index contributed by atoms with van der Waals surface area (Å²) in [5.41, 5.74) is 1.97. The van der Waals surface area contributed by atoms with E-state index in [4.69, 9.17) is 19.7 Å². The first-order valence-electron chi connectivity index (χ1n) is 5.42. The summed E-state index contributed by atoms with van der Waals surface area (Å²) in [7, 11) is 1.70. The summed E-state index contributed by atoms with van der Waals surface area (Å²) in [4.78, 5) is 8.56. The maximum atomic E-state index is 8.56. The average molecular weight is 238 g/mol. The van der Waals surface area contributed by atoms with Gasteiger partial charge in [0, 0.05) is 0 Å². The SMILES string of the molecule is COc1ccc(C2CC2(C)C)cc1.O=C(O)O. The number of rotatable bonds is 2. The highest BCUT2D eigenvalue weighted by Crippen LogP contribution is 2.58. The van der Waals surface area contributed by atoms with Gasteiger partial charge in [-0.2, -0.15) is 0 Å². The monoisotopic (exact) mass is 238 g/mol. The van der Waals surface area contributed by atoms with Crippen LogP contribution in [0.15, 0.2) is 24.3 Å². The molecule has 2 rings (SSSR count). The van der Waals surface area contributed by atoms with E-state index >= 15 is 0 Å². The lowest BCUT2D eigenvalue weighted by Gasteiger charge is -2.04. The van der Waals surface area contributed by atoms with E-state index in [-0.39, 0.29) is 0 Å².